The highest BCUT2D eigenvalue weighted by molar-refractivity contribution is 14.2. The number of hydrogen-bond donors (Lipinski definition) is 0. The number of halogens is 1. The second kappa shape index (κ2) is 8.60. The Morgan fingerprint density at radius 3 is 2.77 bits per heavy atom. The van der Waals surface area contributed by atoms with Crippen molar-refractivity contribution >= 4 is 30.3 Å². The molecule has 0 radical (unpaired) electrons. The summed E-state index contributed by atoms with van der Waals surface area (Å²) in [7, 11) is 1.76. The van der Waals surface area contributed by atoms with E-state index in [0.717, 1.165) is 13.1 Å². The van der Waals surface area contributed by atoms with Crippen LogP contribution in [0.4, 0.5) is 0 Å². The van der Waals surface area contributed by atoms with Crippen molar-refractivity contribution in [3.05, 3.63) is 53.3 Å². The largest absolute Gasteiger partial charge is 0.370 e. The standard InChI is InChI=1S/C19H24IN3O2S/c1-14-10-22(26-20)11-19(25-14)17-9-21-23(16-7-8-16)18(17)13-24-12-15-5-3-2-4-6-15/h2-6,9,14,16,19H,7-8,10-13H2,1H3. The molecule has 26 heavy (non-hydrogen) atoms. The molecule has 0 bridgehead atoms. The summed E-state index contributed by atoms with van der Waals surface area (Å²) in [6.45, 7) is 5.18. The van der Waals surface area contributed by atoms with Crippen molar-refractivity contribution in [1.29, 1.82) is 0 Å². The second-order valence-corrected chi connectivity index (χ2v) is 8.89. The van der Waals surface area contributed by atoms with Crippen LogP contribution in [-0.2, 0) is 22.7 Å². The molecule has 0 N–H and O–H groups in total. The maximum atomic E-state index is 6.26. The molecule has 4 rings (SSSR count). The van der Waals surface area contributed by atoms with Gasteiger partial charge in [0.1, 0.15) is 0 Å². The lowest BCUT2D eigenvalue weighted by Gasteiger charge is -2.34. The van der Waals surface area contributed by atoms with Crippen LogP contribution < -0.4 is 0 Å². The Bertz CT molecular complexity index is 723. The van der Waals surface area contributed by atoms with Crippen molar-refractivity contribution in [1.82, 2.24) is 14.1 Å². The number of benzene rings is 1. The zero-order valence-electron chi connectivity index (χ0n) is 14.9. The maximum Gasteiger partial charge on any atom is 0.0999 e. The summed E-state index contributed by atoms with van der Waals surface area (Å²) in [5.74, 6) is 0. The molecule has 1 aromatic carbocycles. The lowest BCUT2D eigenvalue weighted by atomic mass is 10.1. The van der Waals surface area contributed by atoms with Gasteiger partial charge in [0.25, 0.3) is 0 Å². The molecular formula is C19H24IN3O2S. The topological polar surface area (TPSA) is 39.5 Å². The van der Waals surface area contributed by atoms with E-state index in [2.05, 4.69) is 54.3 Å². The first-order chi connectivity index (χ1) is 12.7. The van der Waals surface area contributed by atoms with Crippen molar-refractivity contribution in [2.45, 2.75) is 51.2 Å². The molecule has 0 amide bonds. The van der Waals surface area contributed by atoms with Gasteiger partial charge in [-0.05, 0) is 34.4 Å². The minimum Gasteiger partial charge on any atom is -0.370 e. The fourth-order valence-electron chi connectivity index (χ4n) is 3.43. The van der Waals surface area contributed by atoms with E-state index in [-0.39, 0.29) is 12.2 Å². The molecule has 2 aliphatic rings. The molecule has 1 aliphatic heterocycles. The molecule has 2 aromatic rings. The normalized spacial score (nSPS) is 24.1. The van der Waals surface area contributed by atoms with E-state index in [1.54, 1.807) is 9.12 Å². The summed E-state index contributed by atoms with van der Waals surface area (Å²) in [6.07, 6.45) is 4.70. The first-order valence-corrected chi connectivity index (χ1v) is 12.4. The van der Waals surface area contributed by atoms with E-state index in [1.807, 2.05) is 24.4 Å². The Hall–Kier alpha value is -0.610. The summed E-state index contributed by atoms with van der Waals surface area (Å²) in [5.41, 5.74) is 3.56. The molecule has 2 atom stereocenters. The van der Waals surface area contributed by atoms with E-state index in [0.29, 0.717) is 19.3 Å². The van der Waals surface area contributed by atoms with Gasteiger partial charge >= 0.3 is 0 Å². The fraction of sp³-hybridized carbons (Fsp3) is 0.526. The third kappa shape index (κ3) is 4.44. The number of hydrogen-bond acceptors (Lipinski definition) is 5. The summed E-state index contributed by atoms with van der Waals surface area (Å²) in [5, 5.41) is 4.68. The van der Waals surface area contributed by atoms with Gasteiger partial charge in [0.2, 0.25) is 0 Å². The third-order valence-corrected chi connectivity index (χ3v) is 7.01. The predicted molar refractivity (Wildman–Crippen MR) is 112 cm³/mol. The Morgan fingerprint density at radius 2 is 2.04 bits per heavy atom. The van der Waals surface area contributed by atoms with Gasteiger partial charge in [0.05, 0.1) is 43.4 Å². The Labute approximate surface area is 171 Å². The van der Waals surface area contributed by atoms with Crippen LogP contribution in [0.5, 0.6) is 0 Å². The van der Waals surface area contributed by atoms with E-state index >= 15 is 0 Å². The van der Waals surface area contributed by atoms with Crippen LogP contribution in [0.25, 0.3) is 0 Å². The Morgan fingerprint density at radius 1 is 1.23 bits per heavy atom. The van der Waals surface area contributed by atoms with Gasteiger partial charge in [0.15, 0.2) is 0 Å². The lowest BCUT2D eigenvalue weighted by molar-refractivity contribution is -0.0538. The summed E-state index contributed by atoms with van der Waals surface area (Å²) < 4.78 is 16.8. The van der Waals surface area contributed by atoms with E-state index in [9.17, 15) is 0 Å². The second-order valence-electron chi connectivity index (χ2n) is 7.05. The molecule has 140 valence electrons. The monoisotopic (exact) mass is 485 g/mol. The fourth-order valence-corrected chi connectivity index (χ4v) is 4.86. The summed E-state index contributed by atoms with van der Waals surface area (Å²) in [6, 6.07) is 10.9. The Kier molecular flexibility index (Phi) is 6.20. The molecule has 2 heterocycles. The molecule has 2 fully saturated rings. The molecule has 1 saturated heterocycles. The lowest BCUT2D eigenvalue weighted by Crippen LogP contribution is -2.38. The van der Waals surface area contributed by atoms with Crippen molar-refractivity contribution in [3.8, 4) is 0 Å². The number of rotatable bonds is 7. The summed E-state index contributed by atoms with van der Waals surface area (Å²) in [4.78, 5) is 0. The first kappa shape index (κ1) is 18.7. The van der Waals surface area contributed by atoms with Crippen LogP contribution in [0.1, 0.15) is 48.7 Å². The highest BCUT2D eigenvalue weighted by Crippen LogP contribution is 2.39. The SMILES string of the molecule is CC1CN(SI)CC(c2cnn(C3CC3)c2COCc2ccccc2)O1. The average molecular weight is 485 g/mol. The molecule has 0 spiro atoms. The van der Waals surface area contributed by atoms with E-state index < -0.39 is 0 Å². The minimum atomic E-state index is 0.0591. The van der Waals surface area contributed by atoms with Gasteiger partial charge in [0, 0.05) is 39.9 Å². The Balaban J connectivity index is 1.50. The van der Waals surface area contributed by atoms with E-state index in [1.165, 1.54) is 29.7 Å². The van der Waals surface area contributed by atoms with Crippen molar-refractivity contribution in [3.63, 3.8) is 0 Å². The van der Waals surface area contributed by atoms with Crippen LogP contribution in [-0.4, -0.2) is 33.3 Å². The van der Waals surface area contributed by atoms with Crippen LogP contribution in [0.15, 0.2) is 36.5 Å². The van der Waals surface area contributed by atoms with E-state index in [4.69, 9.17) is 9.47 Å². The highest BCUT2D eigenvalue weighted by atomic mass is 127. The van der Waals surface area contributed by atoms with Gasteiger partial charge in [-0.3, -0.25) is 4.68 Å². The number of nitrogens with zero attached hydrogens (tertiary/aromatic N) is 3. The van der Waals surface area contributed by atoms with Crippen molar-refractivity contribution < 1.29 is 9.47 Å². The number of aromatic nitrogens is 2. The number of morpholine rings is 1. The maximum absolute atomic E-state index is 6.26. The van der Waals surface area contributed by atoms with Crippen LogP contribution >= 0.6 is 30.3 Å². The number of ether oxygens (including phenoxy) is 2. The predicted octanol–water partition coefficient (Wildman–Crippen LogP) is 4.69. The smallest absolute Gasteiger partial charge is 0.0999 e. The van der Waals surface area contributed by atoms with Gasteiger partial charge in [-0.25, -0.2) is 4.31 Å². The molecule has 1 saturated carbocycles. The molecular weight excluding hydrogens is 461 g/mol. The molecule has 1 aromatic heterocycles. The minimum absolute atomic E-state index is 0.0591. The van der Waals surface area contributed by atoms with Crippen molar-refractivity contribution in [2.75, 3.05) is 13.1 Å². The van der Waals surface area contributed by atoms with Gasteiger partial charge in [-0.2, -0.15) is 5.10 Å². The van der Waals surface area contributed by atoms with Crippen LogP contribution in [0.3, 0.4) is 0 Å². The van der Waals surface area contributed by atoms with Gasteiger partial charge in [-0.1, -0.05) is 30.3 Å². The van der Waals surface area contributed by atoms with Crippen molar-refractivity contribution in [2.24, 2.45) is 0 Å². The molecule has 1 aliphatic carbocycles. The average Bonchev–Trinajstić information content (AvgIpc) is 3.42. The summed E-state index contributed by atoms with van der Waals surface area (Å²) >= 11 is 2.35. The van der Waals surface area contributed by atoms with Crippen LogP contribution in [0.2, 0.25) is 0 Å². The zero-order chi connectivity index (χ0) is 17.9. The van der Waals surface area contributed by atoms with Gasteiger partial charge in [-0.15, -0.1) is 0 Å². The van der Waals surface area contributed by atoms with Crippen LogP contribution in [0, 0.1) is 0 Å². The van der Waals surface area contributed by atoms with Gasteiger partial charge < -0.3 is 9.47 Å². The first-order valence-electron chi connectivity index (χ1n) is 9.11. The third-order valence-electron chi connectivity index (χ3n) is 4.85. The molecule has 2 unspecified atom stereocenters. The quantitative estimate of drug-likeness (QED) is 0.420. The zero-order valence-corrected chi connectivity index (χ0v) is 17.9. The molecule has 5 nitrogen and oxygen atoms in total. The molecule has 7 heteroatoms. The highest BCUT2D eigenvalue weighted by Gasteiger charge is 2.33.